The van der Waals surface area contributed by atoms with E-state index in [1.165, 1.54) is 15.9 Å². The van der Waals surface area contributed by atoms with Crippen molar-refractivity contribution >= 4 is 62.5 Å². The van der Waals surface area contributed by atoms with Crippen LogP contribution in [-0.4, -0.2) is 17.1 Å². The molecule has 0 N–H and O–H groups in total. The van der Waals surface area contributed by atoms with Crippen LogP contribution in [0.4, 0.5) is 0 Å². The Morgan fingerprint density at radius 2 is 1.83 bits per heavy atom. The second-order valence-electron chi connectivity index (χ2n) is 9.34. The van der Waals surface area contributed by atoms with Gasteiger partial charge in [0.05, 0.1) is 27.4 Å². The van der Waals surface area contributed by atoms with E-state index in [0.29, 0.717) is 53.7 Å². The van der Waals surface area contributed by atoms with Crippen molar-refractivity contribution in [2.45, 2.75) is 19.9 Å². The summed E-state index contributed by atoms with van der Waals surface area (Å²) in [5.41, 5.74) is 1.87. The summed E-state index contributed by atoms with van der Waals surface area (Å²) in [5, 5.41) is 0.967. The Bertz CT molecular complexity index is 2050. The number of benzene rings is 2. The Labute approximate surface area is 262 Å². The van der Waals surface area contributed by atoms with Crippen molar-refractivity contribution in [3.05, 3.63) is 124 Å². The molecule has 4 heterocycles. The Kier molecular flexibility index (Phi) is 7.85. The number of halogens is 3. The van der Waals surface area contributed by atoms with Crippen molar-refractivity contribution in [1.29, 1.82) is 0 Å². The van der Waals surface area contributed by atoms with Crippen molar-refractivity contribution in [3.63, 3.8) is 0 Å². The molecule has 7 nitrogen and oxygen atoms in total. The van der Waals surface area contributed by atoms with Crippen LogP contribution >= 0.6 is 50.5 Å². The summed E-state index contributed by atoms with van der Waals surface area (Å²) >= 11 is 17.0. The minimum absolute atomic E-state index is 0.174. The molecule has 1 aliphatic rings. The smallest absolute Gasteiger partial charge is 0.338 e. The minimum Gasteiger partial charge on any atom is -0.463 e. The molecular weight excluding hydrogens is 663 g/mol. The summed E-state index contributed by atoms with van der Waals surface area (Å²) in [4.78, 5) is 32.1. The fourth-order valence-electron chi connectivity index (χ4n) is 4.72. The molecular formula is C31H21BrCl2N2O5S. The molecule has 0 unspecified atom stereocenters. The first kappa shape index (κ1) is 28.5. The first-order valence-corrected chi connectivity index (χ1v) is 15.2. The second kappa shape index (κ2) is 11.6. The van der Waals surface area contributed by atoms with E-state index >= 15 is 0 Å². The largest absolute Gasteiger partial charge is 0.463 e. The number of furan rings is 2. The van der Waals surface area contributed by atoms with Crippen LogP contribution in [0.15, 0.2) is 101 Å². The number of esters is 1. The molecule has 1 atom stereocenters. The van der Waals surface area contributed by atoms with E-state index in [0.717, 1.165) is 10.0 Å². The fraction of sp³-hybridized carbons (Fsp3) is 0.129. The topological polar surface area (TPSA) is 86.9 Å². The number of thiazole rings is 1. The van der Waals surface area contributed by atoms with E-state index in [2.05, 4.69) is 20.9 Å². The number of hydrogen-bond donors (Lipinski definition) is 0. The number of nitrogens with zero attached hydrogens (tertiary/aromatic N) is 2. The maximum absolute atomic E-state index is 13.9. The van der Waals surface area contributed by atoms with Crippen molar-refractivity contribution in [2.24, 2.45) is 4.99 Å². The highest BCUT2D eigenvalue weighted by atomic mass is 79.9. The van der Waals surface area contributed by atoms with Gasteiger partial charge in [0.2, 0.25) is 0 Å². The van der Waals surface area contributed by atoms with Gasteiger partial charge < -0.3 is 13.6 Å². The number of rotatable bonds is 6. The maximum Gasteiger partial charge on any atom is 0.338 e. The van der Waals surface area contributed by atoms with E-state index in [9.17, 15) is 9.59 Å². The second-order valence-corrected chi connectivity index (χ2v) is 12.1. The third-order valence-corrected chi connectivity index (χ3v) is 8.70. The maximum atomic E-state index is 13.9. The summed E-state index contributed by atoms with van der Waals surface area (Å²) in [6.45, 7) is 3.63. The highest BCUT2D eigenvalue weighted by Gasteiger charge is 2.35. The van der Waals surface area contributed by atoms with Gasteiger partial charge in [0.15, 0.2) is 4.80 Å². The lowest BCUT2D eigenvalue weighted by molar-refractivity contribution is -0.139. The molecule has 0 fully saturated rings. The van der Waals surface area contributed by atoms with Crippen LogP contribution in [0.2, 0.25) is 10.0 Å². The van der Waals surface area contributed by atoms with Gasteiger partial charge in [0.25, 0.3) is 5.56 Å². The van der Waals surface area contributed by atoms with E-state index in [4.69, 9.17) is 36.8 Å². The Balaban J connectivity index is 1.46. The fourth-order valence-corrected chi connectivity index (χ4v) is 6.52. The van der Waals surface area contributed by atoms with Gasteiger partial charge in [-0.1, -0.05) is 62.6 Å². The molecule has 6 rings (SSSR count). The first-order chi connectivity index (χ1) is 20.2. The molecule has 0 saturated heterocycles. The molecule has 2 aromatic carbocycles. The van der Waals surface area contributed by atoms with E-state index < -0.39 is 12.0 Å². The number of ether oxygens (including phenoxy) is 1. The predicted molar refractivity (Wildman–Crippen MR) is 166 cm³/mol. The van der Waals surface area contributed by atoms with Crippen LogP contribution in [0.1, 0.15) is 31.4 Å². The molecule has 0 spiro atoms. The molecule has 3 aromatic heterocycles. The van der Waals surface area contributed by atoms with E-state index in [1.54, 1.807) is 56.3 Å². The number of fused-ring (bicyclic) bond motifs is 1. The predicted octanol–water partition coefficient (Wildman–Crippen LogP) is 7.39. The molecule has 11 heteroatoms. The highest BCUT2D eigenvalue weighted by Crippen LogP contribution is 2.35. The van der Waals surface area contributed by atoms with Crippen LogP contribution in [0.25, 0.3) is 28.7 Å². The Morgan fingerprint density at radius 1 is 1.07 bits per heavy atom. The SMILES string of the molecule is CCOC(=O)C1=C(C)N=c2s/c(=C\c3ccc(-c4ccc(Cl)cc4Cl)o3)c(=O)n2[C@H]1c1ccc(-c2ccc(Br)cc2)o1. The van der Waals surface area contributed by atoms with Gasteiger partial charge in [-0.2, -0.15) is 0 Å². The third-order valence-electron chi connectivity index (χ3n) is 6.64. The molecule has 0 saturated carbocycles. The average Bonchev–Trinajstić information content (AvgIpc) is 3.69. The van der Waals surface area contributed by atoms with Gasteiger partial charge in [-0.3, -0.25) is 9.36 Å². The zero-order valence-electron chi connectivity index (χ0n) is 22.2. The lowest BCUT2D eigenvalue weighted by Gasteiger charge is -2.22. The van der Waals surface area contributed by atoms with E-state index in [-0.39, 0.29) is 17.7 Å². The number of carbonyl (C=O) groups is 1. The van der Waals surface area contributed by atoms with Crippen LogP contribution < -0.4 is 14.9 Å². The van der Waals surface area contributed by atoms with Gasteiger partial charge >= 0.3 is 5.97 Å². The van der Waals surface area contributed by atoms with Crippen LogP contribution in [0, 0.1) is 0 Å². The Morgan fingerprint density at radius 3 is 2.57 bits per heavy atom. The van der Waals surface area contributed by atoms with Crippen molar-refractivity contribution in [1.82, 2.24) is 4.57 Å². The average molecular weight is 684 g/mol. The molecule has 42 heavy (non-hydrogen) atoms. The summed E-state index contributed by atoms with van der Waals surface area (Å²) in [5.74, 6) is 1.44. The van der Waals surface area contributed by atoms with Crippen LogP contribution in [0.5, 0.6) is 0 Å². The number of aromatic nitrogens is 1. The van der Waals surface area contributed by atoms with Crippen LogP contribution in [-0.2, 0) is 9.53 Å². The Hall–Kier alpha value is -3.63. The zero-order valence-corrected chi connectivity index (χ0v) is 26.1. The number of allylic oxidation sites excluding steroid dienone is 1. The summed E-state index contributed by atoms with van der Waals surface area (Å²) < 4.78 is 20.4. The first-order valence-electron chi connectivity index (χ1n) is 12.8. The quantitative estimate of drug-likeness (QED) is 0.174. The molecule has 1 aliphatic heterocycles. The number of hydrogen-bond acceptors (Lipinski definition) is 7. The number of carbonyl (C=O) groups excluding carboxylic acids is 1. The van der Waals surface area contributed by atoms with Gasteiger partial charge in [0, 0.05) is 26.7 Å². The van der Waals surface area contributed by atoms with Gasteiger partial charge in [-0.15, -0.1) is 0 Å². The highest BCUT2D eigenvalue weighted by molar-refractivity contribution is 9.10. The third kappa shape index (κ3) is 5.33. The summed E-state index contributed by atoms with van der Waals surface area (Å²) in [6, 6.07) is 19.0. The molecule has 0 radical (unpaired) electrons. The lowest BCUT2D eigenvalue weighted by Crippen LogP contribution is -2.39. The summed E-state index contributed by atoms with van der Waals surface area (Å²) in [6.07, 6.45) is 1.65. The lowest BCUT2D eigenvalue weighted by atomic mass is 10.0. The van der Waals surface area contributed by atoms with Gasteiger partial charge in [-0.25, -0.2) is 9.79 Å². The molecule has 5 aromatic rings. The van der Waals surface area contributed by atoms with Crippen molar-refractivity contribution in [2.75, 3.05) is 6.61 Å². The van der Waals surface area contributed by atoms with Gasteiger partial charge in [0.1, 0.15) is 29.1 Å². The molecule has 0 aliphatic carbocycles. The monoisotopic (exact) mass is 682 g/mol. The van der Waals surface area contributed by atoms with Crippen LogP contribution in [0.3, 0.4) is 0 Å². The molecule has 212 valence electrons. The van der Waals surface area contributed by atoms with Crippen molar-refractivity contribution < 1.29 is 18.4 Å². The molecule has 0 amide bonds. The summed E-state index contributed by atoms with van der Waals surface area (Å²) in [7, 11) is 0. The normalized spacial score (nSPS) is 15.1. The minimum atomic E-state index is -0.869. The standard InChI is InChI=1S/C31H21BrCl2N2O5S/c1-3-39-30(38)27-16(2)35-31-36(28(27)25-13-12-23(41-25)17-4-6-18(32)7-5-17)29(37)26(42-31)15-20-9-11-24(40-20)21-10-8-19(33)14-22(21)34/h4-15,28H,3H2,1-2H3/b26-15-/t28-/m0/s1. The van der Waals surface area contributed by atoms with E-state index in [1.807, 2.05) is 30.3 Å². The van der Waals surface area contributed by atoms with Crippen molar-refractivity contribution in [3.8, 4) is 22.6 Å². The molecule has 0 bridgehead atoms. The van der Waals surface area contributed by atoms with Gasteiger partial charge in [-0.05, 0) is 68.4 Å². The zero-order chi connectivity index (χ0) is 29.5.